The van der Waals surface area contributed by atoms with E-state index in [0.717, 1.165) is 12.3 Å². The summed E-state index contributed by atoms with van der Waals surface area (Å²) in [6.45, 7) is 0.265. The highest BCUT2D eigenvalue weighted by atomic mass is 79.9. The zero-order valence-corrected chi connectivity index (χ0v) is 14.9. The van der Waals surface area contributed by atoms with Gasteiger partial charge in [-0.1, -0.05) is 15.9 Å². The maximum absolute atomic E-state index is 14.2. The van der Waals surface area contributed by atoms with E-state index < -0.39 is 38.4 Å². The number of hydrogen-bond acceptors (Lipinski definition) is 4. The molecule has 0 bridgehead atoms. The molecule has 0 aliphatic carbocycles. The van der Waals surface area contributed by atoms with Gasteiger partial charge in [0, 0.05) is 16.3 Å². The fourth-order valence-corrected chi connectivity index (χ4v) is 3.94. The number of nitrogens with zero attached hydrogens (tertiary/aromatic N) is 1. The van der Waals surface area contributed by atoms with Gasteiger partial charge in [0.25, 0.3) is 0 Å². The van der Waals surface area contributed by atoms with Crippen molar-refractivity contribution in [2.45, 2.75) is 30.1 Å². The molecule has 0 saturated heterocycles. The fraction of sp³-hybridized carbons (Fsp3) is 0.500. The zero-order chi connectivity index (χ0) is 17.6. The normalized spacial score (nSPS) is 28.5. The Morgan fingerprint density at radius 1 is 1.35 bits per heavy atom. The smallest absolute Gasteiger partial charge is 0.164 e. The summed E-state index contributed by atoms with van der Waals surface area (Å²) in [4.78, 5) is 3.98. The Bertz CT molecular complexity index is 784. The van der Waals surface area contributed by atoms with Crippen molar-refractivity contribution in [2.24, 2.45) is 10.7 Å². The molecule has 1 aliphatic heterocycles. The summed E-state index contributed by atoms with van der Waals surface area (Å²) < 4.78 is 64.2. The Balaban J connectivity index is 2.67. The summed E-state index contributed by atoms with van der Waals surface area (Å²) in [6, 6.07) is 2.15. The van der Waals surface area contributed by atoms with E-state index >= 15 is 0 Å². The molecule has 0 unspecified atom stereocenters. The SMILES string of the molecule is C[C@]1(S(C)(=O)=O)CC[C@@](CF)(c2cc(Br)cc(F)c2F)N=C1N. The third-order valence-corrected chi connectivity index (χ3v) is 6.93. The number of aliphatic imine (C=N–C) groups is 1. The molecule has 1 heterocycles. The van der Waals surface area contributed by atoms with Crippen LogP contribution in [0.2, 0.25) is 0 Å². The van der Waals surface area contributed by atoms with Crippen LogP contribution >= 0.6 is 15.9 Å². The van der Waals surface area contributed by atoms with Gasteiger partial charge in [0.2, 0.25) is 0 Å². The lowest BCUT2D eigenvalue weighted by Crippen LogP contribution is -2.53. The van der Waals surface area contributed by atoms with Gasteiger partial charge in [-0.2, -0.15) is 0 Å². The number of amidine groups is 1. The Morgan fingerprint density at radius 2 is 1.96 bits per heavy atom. The van der Waals surface area contributed by atoms with Crippen LogP contribution in [-0.2, 0) is 15.4 Å². The molecule has 23 heavy (non-hydrogen) atoms. The predicted octanol–water partition coefficient (Wildman–Crippen LogP) is 2.85. The molecule has 2 rings (SSSR count). The summed E-state index contributed by atoms with van der Waals surface area (Å²) in [6.07, 6.45) is 0.858. The van der Waals surface area contributed by atoms with Gasteiger partial charge in [-0.15, -0.1) is 0 Å². The van der Waals surface area contributed by atoms with Crippen LogP contribution in [0.15, 0.2) is 21.6 Å². The Labute approximate surface area is 141 Å². The lowest BCUT2D eigenvalue weighted by Gasteiger charge is -2.39. The average molecular weight is 413 g/mol. The molecule has 4 nitrogen and oxygen atoms in total. The van der Waals surface area contributed by atoms with E-state index in [1.807, 2.05) is 0 Å². The van der Waals surface area contributed by atoms with Crippen LogP contribution in [-0.4, -0.2) is 31.9 Å². The van der Waals surface area contributed by atoms with E-state index in [4.69, 9.17) is 5.73 Å². The van der Waals surface area contributed by atoms with E-state index in [9.17, 15) is 21.6 Å². The molecule has 0 amide bonds. The van der Waals surface area contributed by atoms with Crippen LogP contribution in [0.4, 0.5) is 13.2 Å². The standard InChI is InChI=1S/C14H16BrF3N2O2S/c1-13(23(2,21)22)3-4-14(7-16,20-12(13)19)9-5-8(15)6-10(17)11(9)18/h5-6H,3-4,7H2,1-2H3,(H2,19,20)/t13-,14+/m0/s1. The minimum Gasteiger partial charge on any atom is -0.386 e. The number of nitrogens with two attached hydrogens (primary N) is 1. The average Bonchev–Trinajstić information content (AvgIpc) is 2.45. The molecule has 0 saturated carbocycles. The highest BCUT2D eigenvalue weighted by molar-refractivity contribution is 9.10. The lowest BCUT2D eigenvalue weighted by molar-refractivity contribution is 0.263. The fourth-order valence-electron chi connectivity index (χ4n) is 2.61. The molecule has 2 atom stereocenters. The Kier molecular flexibility index (Phi) is 4.58. The van der Waals surface area contributed by atoms with E-state index in [2.05, 4.69) is 20.9 Å². The first kappa shape index (κ1) is 18.3. The molecule has 128 valence electrons. The summed E-state index contributed by atoms with van der Waals surface area (Å²) in [5, 5.41) is 0. The molecule has 1 aliphatic rings. The minimum absolute atomic E-state index is 0.0430. The van der Waals surface area contributed by atoms with Gasteiger partial charge in [-0.3, -0.25) is 4.99 Å². The van der Waals surface area contributed by atoms with Gasteiger partial charge in [-0.05, 0) is 31.9 Å². The van der Waals surface area contributed by atoms with Crippen LogP contribution in [0.1, 0.15) is 25.3 Å². The first-order chi connectivity index (χ1) is 10.5. The number of hydrogen-bond donors (Lipinski definition) is 1. The molecule has 1 aromatic rings. The molecule has 1 aromatic carbocycles. The molecule has 0 aromatic heterocycles. The van der Waals surface area contributed by atoms with Gasteiger partial charge < -0.3 is 5.73 Å². The van der Waals surface area contributed by atoms with E-state index in [0.29, 0.717) is 0 Å². The van der Waals surface area contributed by atoms with Gasteiger partial charge in [-0.25, -0.2) is 21.6 Å². The molecular weight excluding hydrogens is 397 g/mol. The van der Waals surface area contributed by atoms with Crippen molar-refractivity contribution in [3.63, 3.8) is 0 Å². The highest BCUT2D eigenvalue weighted by Gasteiger charge is 2.49. The van der Waals surface area contributed by atoms with Crippen molar-refractivity contribution in [2.75, 3.05) is 12.9 Å². The predicted molar refractivity (Wildman–Crippen MR) is 85.8 cm³/mol. The Hall–Kier alpha value is -1.09. The second kappa shape index (κ2) is 5.77. The topological polar surface area (TPSA) is 72.5 Å². The van der Waals surface area contributed by atoms with Gasteiger partial charge in [0.15, 0.2) is 21.5 Å². The summed E-state index contributed by atoms with van der Waals surface area (Å²) in [5.41, 5.74) is 3.77. The van der Waals surface area contributed by atoms with E-state index in [1.165, 1.54) is 13.0 Å². The zero-order valence-electron chi connectivity index (χ0n) is 12.5. The molecule has 0 spiro atoms. The van der Waals surface area contributed by atoms with Crippen molar-refractivity contribution < 1.29 is 21.6 Å². The van der Waals surface area contributed by atoms with Crippen LogP contribution in [0, 0.1) is 11.6 Å². The van der Waals surface area contributed by atoms with Crippen LogP contribution in [0.3, 0.4) is 0 Å². The molecule has 9 heteroatoms. The second-order valence-electron chi connectivity index (χ2n) is 5.91. The Morgan fingerprint density at radius 3 is 2.43 bits per heavy atom. The molecule has 2 N–H and O–H groups in total. The van der Waals surface area contributed by atoms with Gasteiger partial charge in [0.1, 0.15) is 22.8 Å². The summed E-state index contributed by atoms with van der Waals surface area (Å²) >= 11 is 3.03. The molecular formula is C14H16BrF3N2O2S. The quantitative estimate of drug-likeness (QED) is 0.775. The number of alkyl halides is 1. The largest absolute Gasteiger partial charge is 0.386 e. The second-order valence-corrected chi connectivity index (χ2v) is 9.28. The number of sulfone groups is 1. The van der Waals surface area contributed by atoms with Crippen LogP contribution < -0.4 is 5.73 Å². The van der Waals surface area contributed by atoms with Crippen LogP contribution in [0.25, 0.3) is 0 Å². The third-order valence-electron chi connectivity index (χ3n) is 4.43. The van der Waals surface area contributed by atoms with Crippen molar-refractivity contribution in [1.82, 2.24) is 0 Å². The molecule has 0 radical (unpaired) electrons. The van der Waals surface area contributed by atoms with Gasteiger partial charge >= 0.3 is 0 Å². The maximum atomic E-state index is 14.2. The van der Waals surface area contributed by atoms with Crippen molar-refractivity contribution in [3.05, 3.63) is 33.8 Å². The van der Waals surface area contributed by atoms with Crippen molar-refractivity contribution in [1.29, 1.82) is 0 Å². The maximum Gasteiger partial charge on any atom is 0.164 e. The summed E-state index contributed by atoms with van der Waals surface area (Å²) in [5.74, 6) is -2.67. The van der Waals surface area contributed by atoms with Crippen LogP contribution in [0.5, 0.6) is 0 Å². The summed E-state index contributed by atoms with van der Waals surface area (Å²) in [7, 11) is -3.60. The van der Waals surface area contributed by atoms with Crippen molar-refractivity contribution >= 4 is 31.6 Å². The molecule has 0 fully saturated rings. The van der Waals surface area contributed by atoms with Crippen molar-refractivity contribution in [3.8, 4) is 0 Å². The minimum atomic E-state index is -3.60. The number of benzene rings is 1. The highest BCUT2D eigenvalue weighted by Crippen LogP contribution is 2.42. The van der Waals surface area contributed by atoms with E-state index in [-0.39, 0.29) is 28.7 Å². The third kappa shape index (κ3) is 2.88. The first-order valence-corrected chi connectivity index (χ1v) is 9.42. The van der Waals surface area contributed by atoms with E-state index in [1.54, 1.807) is 0 Å². The van der Waals surface area contributed by atoms with Gasteiger partial charge in [0.05, 0.1) is 0 Å². The monoisotopic (exact) mass is 412 g/mol. The number of halogens is 4. The number of rotatable bonds is 3. The first-order valence-electron chi connectivity index (χ1n) is 6.73. The lowest BCUT2D eigenvalue weighted by atomic mass is 9.81.